The van der Waals surface area contributed by atoms with Crippen molar-refractivity contribution in [1.29, 1.82) is 0 Å². The molecule has 0 saturated carbocycles. The fourth-order valence-corrected chi connectivity index (χ4v) is 2.04. The van der Waals surface area contributed by atoms with Crippen LogP contribution in [0.5, 0.6) is 0 Å². The summed E-state index contributed by atoms with van der Waals surface area (Å²) in [4.78, 5) is 21.7. The molecule has 6 heteroatoms. The highest BCUT2D eigenvalue weighted by Crippen LogP contribution is 2.14. The Labute approximate surface area is 113 Å². The van der Waals surface area contributed by atoms with Crippen molar-refractivity contribution in [3.8, 4) is 0 Å². The van der Waals surface area contributed by atoms with Crippen LogP contribution in [0.15, 0.2) is 0 Å². The van der Waals surface area contributed by atoms with E-state index in [0.717, 1.165) is 38.9 Å². The number of carboxylic acids is 1. The molecule has 1 aliphatic heterocycles. The summed E-state index contributed by atoms with van der Waals surface area (Å²) in [5.41, 5.74) is 0. The topological polar surface area (TPSA) is 87.7 Å². The van der Waals surface area contributed by atoms with Crippen LogP contribution in [0, 0.1) is 5.92 Å². The molecule has 1 saturated heterocycles. The van der Waals surface area contributed by atoms with Crippen molar-refractivity contribution in [1.82, 2.24) is 10.6 Å². The molecule has 0 aromatic carbocycles. The monoisotopic (exact) mass is 272 g/mol. The molecule has 1 rings (SSSR count). The van der Waals surface area contributed by atoms with Crippen molar-refractivity contribution in [3.63, 3.8) is 0 Å². The number of carboxylic acid groups (broad SMARTS) is 1. The predicted octanol–water partition coefficient (Wildman–Crippen LogP) is 1.36. The summed E-state index contributed by atoms with van der Waals surface area (Å²) in [6.45, 7) is 2.93. The molecule has 0 spiro atoms. The second-order valence-corrected chi connectivity index (χ2v) is 4.91. The normalized spacial score (nSPS) is 18.2. The summed E-state index contributed by atoms with van der Waals surface area (Å²) < 4.78 is 5.26. The molecular formula is C13H24N2O4. The van der Waals surface area contributed by atoms with Gasteiger partial charge in [0.1, 0.15) is 0 Å². The lowest BCUT2D eigenvalue weighted by Gasteiger charge is -2.09. The van der Waals surface area contributed by atoms with Crippen LogP contribution >= 0.6 is 0 Å². The number of unbranched alkanes of at least 4 members (excludes halogenated alkanes) is 2. The maximum Gasteiger partial charge on any atom is 0.314 e. The van der Waals surface area contributed by atoms with Crippen molar-refractivity contribution >= 4 is 12.0 Å². The van der Waals surface area contributed by atoms with Gasteiger partial charge < -0.3 is 20.5 Å². The predicted molar refractivity (Wildman–Crippen MR) is 71.0 cm³/mol. The van der Waals surface area contributed by atoms with Gasteiger partial charge in [-0.3, -0.25) is 4.79 Å². The Morgan fingerprint density at radius 2 is 1.95 bits per heavy atom. The van der Waals surface area contributed by atoms with E-state index in [1.54, 1.807) is 0 Å². The zero-order valence-electron chi connectivity index (χ0n) is 11.3. The van der Waals surface area contributed by atoms with Gasteiger partial charge in [0.05, 0.1) is 0 Å². The molecule has 1 fully saturated rings. The number of rotatable bonds is 9. The minimum absolute atomic E-state index is 0.142. The summed E-state index contributed by atoms with van der Waals surface area (Å²) in [5.74, 6) is -0.182. The van der Waals surface area contributed by atoms with Crippen molar-refractivity contribution in [2.24, 2.45) is 5.92 Å². The van der Waals surface area contributed by atoms with Gasteiger partial charge in [-0.25, -0.2) is 4.79 Å². The number of nitrogens with one attached hydrogen (secondary N) is 2. The Hall–Kier alpha value is -1.30. The Morgan fingerprint density at radius 1 is 1.16 bits per heavy atom. The van der Waals surface area contributed by atoms with Gasteiger partial charge in [0.2, 0.25) is 0 Å². The molecule has 1 aliphatic rings. The first-order chi connectivity index (χ1) is 9.18. The fraction of sp³-hybridized carbons (Fsp3) is 0.846. The average Bonchev–Trinajstić information content (AvgIpc) is 2.86. The average molecular weight is 272 g/mol. The Morgan fingerprint density at radius 3 is 2.63 bits per heavy atom. The Balaban J connectivity index is 1.86. The summed E-state index contributed by atoms with van der Waals surface area (Å²) in [7, 11) is 0. The van der Waals surface area contributed by atoms with Crippen molar-refractivity contribution < 1.29 is 19.4 Å². The maximum atomic E-state index is 11.4. The third-order valence-electron chi connectivity index (χ3n) is 3.22. The molecule has 1 atom stereocenters. The SMILES string of the molecule is O=C(O)CCCCCNC(=O)NCCC1CCOC1. The van der Waals surface area contributed by atoms with E-state index in [9.17, 15) is 9.59 Å². The lowest BCUT2D eigenvalue weighted by molar-refractivity contribution is -0.137. The second kappa shape index (κ2) is 9.61. The van der Waals surface area contributed by atoms with E-state index in [0.29, 0.717) is 25.4 Å². The minimum atomic E-state index is -0.762. The molecule has 110 valence electrons. The van der Waals surface area contributed by atoms with Gasteiger partial charge in [-0.2, -0.15) is 0 Å². The zero-order chi connectivity index (χ0) is 13.9. The summed E-state index contributed by atoms with van der Waals surface area (Å²) in [5, 5.41) is 14.0. The fourth-order valence-electron chi connectivity index (χ4n) is 2.04. The summed E-state index contributed by atoms with van der Waals surface area (Å²) >= 11 is 0. The second-order valence-electron chi connectivity index (χ2n) is 4.91. The Kier molecular flexibility index (Phi) is 7.97. The van der Waals surface area contributed by atoms with Gasteiger partial charge >= 0.3 is 12.0 Å². The van der Waals surface area contributed by atoms with Gasteiger partial charge in [0.15, 0.2) is 0 Å². The van der Waals surface area contributed by atoms with E-state index in [-0.39, 0.29) is 12.5 Å². The highest BCUT2D eigenvalue weighted by atomic mass is 16.5. The van der Waals surface area contributed by atoms with Gasteiger partial charge in [-0.15, -0.1) is 0 Å². The molecule has 1 unspecified atom stereocenters. The molecule has 19 heavy (non-hydrogen) atoms. The van der Waals surface area contributed by atoms with Crippen LogP contribution < -0.4 is 10.6 Å². The lowest BCUT2D eigenvalue weighted by atomic mass is 10.1. The van der Waals surface area contributed by atoms with Crippen LogP contribution in [-0.4, -0.2) is 43.4 Å². The quantitative estimate of drug-likeness (QED) is 0.553. The summed E-state index contributed by atoms with van der Waals surface area (Å²) in [6.07, 6.45) is 4.57. The first kappa shape index (κ1) is 15.8. The molecule has 0 aliphatic carbocycles. The molecule has 3 N–H and O–H groups in total. The number of hydrogen-bond donors (Lipinski definition) is 3. The van der Waals surface area contributed by atoms with Crippen molar-refractivity contribution in [3.05, 3.63) is 0 Å². The Bertz CT molecular complexity index is 278. The van der Waals surface area contributed by atoms with Crippen LogP contribution in [0.2, 0.25) is 0 Å². The van der Waals surface area contributed by atoms with Crippen LogP contribution in [-0.2, 0) is 9.53 Å². The van der Waals surface area contributed by atoms with Crippen molar-refractivity contribution in [2.45, 2.75) is 38.5 Å². The van der Waals surface area contributed by atoms with E-state index in [1.807, 2.05) is 0 Å². The molecular weight excluding hydrogens is 248 g/mol. The summed E-state index contributed by atoms with van der Waals surface area (Å²) in [6, 6.07) is -0.142. The van der Waals surface area contributed by atoms with E-state index in [4.69, 9.17) is 9.84 Å². The molecule has 1 heterocycles. The van der Waals surface area contributed by atoms with E-state index >= 15 is 0 Å². The highest BCUT2D eigenvalue weighted by molar-refractivity contribution is 5.73. The largest absolute Gasteiger partial charge is 0.481 e. The number of amides is 2. The number of urea groups is 1. The van der Waals surface area contributed by atoms with Gasteiger partial charge in [-0.1, -0.05) is 6.42 Å². The van der Waals surface area contributed by atoms with Crippen LogP contribution in [0.1, 0.15) is 38.5 Å². The van der Waals surface area contributed by atoms with E-state index in [1.165, 1.54) is 0 Å². The van der Waals surface area contributed by atoms with Crippen molar-refractivity contribution in [2.75, 3.05) is 26.3 Å². The molecule has 2 amide bonds. The molecule has 6 nitrogen and oxygen atoms in total. The van der Waals surface area contributed by atoms with Gasteiger partial charge in [-0.05, 0) is 31.6 Å². The number of carbonyl (C=O) groups excluding carboxylic acids is 1. The molecule has 0 bridgehead atoms. The van der Waals surface area contributed by atoms with Crippen LogP contribution in [0.25, 0.3) is 0 Å². The van der Waals surface area contributed by atoms with Crippen LogP contribution in [0.4, 0.5) is 4.79 Å². The molecule has 0 aromatic rings. The smallest absolute Gasteiger partial charge is 0.314 e. The third-order valence-corrected chi connectivity index (χ3v) is 3.22. The number of hydrogen-bond acceptors (Lipinski definition) is 3. The van der Waals surface area contributed by atoms with Crippen LogP contribution in [0.3, 0.4) is 0 Å². The number of ether oxygens (including phenoxy) is 1. The highest BCUT2D eigenvalue weighted by Gasteiger charge is 2.15. The van der Waals surface area contributed by atoms with E-state index in [2.05, 4.69) is 10.6 Å². The number of aliphatic carboxylic acids is 1. The first-order valence-corrected chi connectivity index (χ1v) is 6.99. The standard InChI is InChI=1S/C13H24N2O4/c16-12(17)4-2-1-3-7-14-13(18)15-8-5-11-6-9-19-10-11/h11H,1-10H2,(H,16,17)(H2,14,15,18). The zero-order valence-corrected chi connectivity index (χ0v) is 11.3. The lowest BCUT2D eigenvalue weighted by Crippen LogP contribution is -2.37. The first-order valence-electron chi connectivity index (χ1n) is 6.99. The third kappa shape index (κ3) is 8.42. The molecule has 0 aromatic heterocycles. The van der Waals surface area contributed by atoms with Gasteiger partial charge in [0.25, 0.3) is 0 Å². The molecule has 0 radical (unpaired) electrons. The van der Waals surface area contributed by atoms with E-state index < -0.39 is 5.97 Å². The maximum absolute atomic E-state index is 11.4. The van der Waals surface area contributed by atoms with Gasteiger partial charge in [0, 0.05) is 32.7 Å². The minimum Gasteiger partial charge on any atom is -0.481 e. The number of carbonyl (C=O) groups is 2.